The molecule has 19 heavy (non-hydrogen) atoms. The van der Waals surface area contributed by atoms with Crippen molar-refractivity contribution >= 4 is 11.6 Å². The third kappa shape index (κ3) is 5.27. The highest BCUT2D eigenvalue weighted by Gasteiger charge is 2.14. The van der Waals surface area contributed by atoms with Crippen LogP contribution in [0.1, 0.15) is 50.7 Å². The van der Waals surface area contributed by atoms with E-state index in [4.69, 9.17) is 11.6 Å². The molecule has 1 N–H and O–H groups in total. The SMILES string of the molecule is CCCCC(CC)C(O)C#Cc1ccc(Cl)c(C)c1. The molecular weight excluding hydrogens is 256 g/mol. The second-order valence-electron chi connectivity index (χ2n) is 4.99. The second-order valence-corrected chi connectivity index (χ2v) is 5.40. The number of hydrogen-bond acceptors (Lipinski definition) is 1. The van der Waals surface area contributed by atoms with E-state index in [-0.39, 0.29) is 5.92 Å². The predicted octanol–water partition coefficient (Wildman–Crippen LogP) is 4.58. The van der Waals surface area contributed by atoms with Gasteiger partial charge in [0.2, 0.25) is 0 Å². The fourth-order valence-electron chi connectivity index (χ4n) is 2.05. The average Bonchev–Trinajstić information content (AvgIpc) is 2.41. The number of hydrogen-bond donors (Lipinski definition) is 1. The Hall–Kier alpha value is -0.970. The van der Waals surface area contributed by atoms with Gasteiger partial charge in [0.15, 0.2) is 0 Å². The minimum absolute atomic E-state index is 0.279. The van der Waals surface area contributed by atoms with Crippen molar-refractivity contribution in [2.75, 3.05) is 0 Å². The van der Waals surface area contributed by atoms with Crippen LogP contribution in [0.4, 0.5) is 0 Å². The van der Waals surface area contributed by atoms with Gasteiger partial charge < -0.3 is 5.11 Å². The number of unbranched alkanes of at least 4 members (excludes halogenated alkanes) is 1. The number of rotatable bonds is 5. The highest BCUT2D eigenvalue weighted by atomic mass is 35.5. The number of aliphatic hydroxyl groups excluding tert-OH is 1. The number of aliphatic hydroxyl groups is 1. The fourth-order valence-corrected chi connectivity index (χ4v) is 2.17. The lowest BCUT2D eigenvalue weighted by Gasteiger charge is -2.16. The molecule has 1 rings (SSSR count). The summed E-state index contributed by atoms with van der Waals surface area (Å²) in [6.07, 6.45) is 3.79. The van der Waals surface area contributed by atoms with Crippen LogP contribution in [0.5, 0.6) is 0 Å². The van der Waals surface area contributed by atoms with Crippen LogP contribution in [0.3, 0.4) is 0 Å². The summed E-state index contributed by atoms with van der Waals surface area (Å²) in [5.41, 5.74) is 1.92. The second kappa shape index (κ2) is 8.25. The van der Waals surface area contributed by atoms with Gasteiger partial charge in [-0.3, -0.25) is 0 Å². The number of benzene rings is 1. The fraction of sp³-hybridized carbons (Fsp3) is 0.529. The van der Waals surface area contributed by atoms with E-state index in [0.29, 0.717) is 0 Å². The number of halogens is 1. The molecule has 0 fully saturated rings. The normalized spacial score (nSPS) is 13.5. The molecule has 0 radical (unpaired) electrons. The van der Waals surface area contributed by atoms with Crippen molar-refractivity contribution in [2.24, 2.45) is 5.92 Å². The topological polar surface area (TPSA) is 20.2 Å². The Bertz CT molecular complexity index is 456. The van der Waals surface area contributed by atoms with Crippen molar-refractivity contribution < 1.29 is 5.11 Å². The van der Waals surface area contributed by atoms with Gasteiger partial charge in [-0.2, -0.15) is 0 Å². The standard InChI is InChI=1S/C17H23ClO/c1-4-6-7-15(5-2)17(19)11-9-14-8-10-16(18)13(3)12-14/h8,10,12,15,17,19H,4-7H2,1-3H3. The van der Waals surface area contributed by atoms with Gasteiger partial charge in [-0.15, -0.1) is 0 Å². The van der Waals surface area contributed by atoms with Gasteiger partial charge in [-0.1, -0.05) is 50.1 Å². The lowest BCUT2D eigenvalue weighted by atomic mass is 9.93. The summed E-state index contributed by atoms with van der Waals surface area (Å²) in [5, 5.41) is 10.9. The zero-order valence-electron chi connectivity index (χ0n) is 12.0. The maximum absolute atomic E-state index is 10.1. The molecule has 1 nitrogen and oxygen atoms in total. The van der Waals surface area contributed by atoms with Gasteiger partial charge in [0, 0.05) is 10.6 Å². The number of aryl methyl sites for hydroxylation is 1. The minimum Gasteiger partial charge on any atom is -0.380 e. The van der Waals surface area contributed by atoms with E-state index < -0.39 is 6.10 Å². The van der Waals surface area contributed by atoms with E-state index in [1.807, 2.05) is 25.1 Å². The van der Waals surface area contributed by atoms with Crippen molar-refractivity contribution in [1.29, 1.82) is 0 Å². The van der Waals surface area contributed by atoms with Crippen molar-refractivity contribution in [3.8, 4) is 11.8 Å². The van der Waals surface area contributed by atoms with Crippen molar-refractivity contribution in [3.05, 3.63) is 34.3 Å². The molecule has 0 aromatic heterocycles. The third-order valence-electron chi connectivity index (χ3n) is 3.42. The van der Waals surface area contributed by atoms with E-state index in [0.717, 1.165) is 41.8 Å². The summed E-state index contributed by atoms with van der Waals surface area (Å²) in [6, 6.07) is 5.69. The smallest absolute Gasteiger partial charge is 0.117 e. The first-order valence-electron chi connectivity index (χ1n) is 7.04. The van der Waals surface area contributed by atoms with Gasteiger partial charge in [-0.25, -0.2) is 0 Å². The van der Waals surface area contributed by atoms with Crippen LogP contribution >= 0.6 is 11.6 Å². The summed E-state index contributed by atoms with van der Waals surface area (Å²) >= 11 is 5.98. The summed E-state index contributed by atoms with van der Waals surface area (Å²) in [4.78, 5) is 0. The van der Waals surface area contributed by atoms with E-state index >= 15 is 0 Å². The molecule has 1 aromatic carbocycles. The van der Waals surface area contributed by atoms with Crippen LogP contribution in [0.25, 0.3) is 0 Å². The van der Waals surface area contributed by atoms with Crippen LogP contribution < -0.4 is 0 Å². The first-order chi connectivity index (χ1) is 9.08. The monoisotopic (exact) mass is 278 g/mol. The van der Waals surface area contributed by atoms with Gasteiger partial charge in [0.1, 0.15) is 6.10 Å². The third-order valence-corrected chi connectivity index (χ3v) is 3.85. The van der Waals surface area contributed by atoms with Crippen LogP contribution in [0.15, 0.2) is 18.2 Å². The molecule has 2 heteroatoms. The van der Waals surface area contributed by atoms with E-state index in [1.54, 1.807) is 0 Å². The summed E-state index contributed by atoms with van der Waals surface area (Å²) < 4.78 is 0. The molecule has 0 bridgehead atoms. The Kier molecular flexibility index (Phi) is 6.99. The minimum atomic E-state index is -0.535. The van der Waals surface area contributed by atoms with E-state index in [1.165, 1.54) is 0 Å². The molecule has 0 aliphatic heterocycles. The van der Waals surface area contributed by atoms with Gasteiger partial charge in [-0.05, 0) is 49.4 Å². The molecule has 2 unspecified atom stereocenters. The van der Waals surface area contributed by atoms with Gasteiger partial charge >= 0.3 is 0 Å². The Morgan fingerprint density at radius 3 is 2.63 bits per heavy atom. The Morgan fingerprint density at radius 2 is 2.05 bits per heavy atom. The molecule has 0 aliphatic carbocycles. The molecular formula is C17H23ClO. The van der Waals surface area contributed by atoms with Crippen LogP contribution in [0.2, 0.25) is 5.02 Å². The highest BCUT2D eigenvalue weighted by Crippen LogP contribution is 2.18. The first kappa shape index (κ1) is 16.1. The quantitative estimate of drug-likeness (QED) is 0.782. The Balaban J connectivity index is 2.71. The van der Waals surface area contributed by atoms with Crippen molar-refractivity contribution in [1.82, 2.24) is 0 Å². The molecule has 104 valence electrons. The Labute approximate surface area is 122 Å². The highest BCUT2D eigenvalue weighted by molar-refractivity contribution is 6.31. The van der Waals surface area contributed by atoms with E-state index in [2.05, 4.69) is 25.7 Å². The van der Waals surface area contributed by atoms with Crippen LogP contribution in [-0.2, 0) is 0 Å². The maximum Gasteiger partial charge on any atom is 0.117 e. The summed E-state index contributed by atoms with van der Waals surface area (Å²) in [7, 11) is 0. The largest absolute Gasteiger partial charge is 0.380 e. The molecule has 0 amide bonds. The lowest BCUT2D eigenvalue weighted by molar-refractivity contribution is 0.150. The van der Waals surface area contributed by atoms with Gasteiger partial charge in [0.05, 0.1) is 0 Å². The molecule has 0 spiro atoms. The van der Waals surface area contributed by atoms with Crippen LogP contribution in [0, 0.1) is 24.7 Å². The summed E-state index contributed by atoms with van der Waals surface area (Å²) in [6.45, 7) is 6.24. The first-order valence-corrected chi connectivity index (χ1v) is 7.42. The van der Waals surface area contributed by atoms with Crippen molar-refractivity contribution in [2.45, 2.75) is 52.6 Å². The predicted molar refractivity (Wildman–Crippen MR) is 82.4 cm³/mol. The zero-order chi connectivity index (χ0) is 14.3. The summed E-state index contributed by atoms with van der Waals surface area (Å²) in [5.74, 6) is 6.29. The lowest BCUT2D eigenvalue weighted by Crippen LogP contribution is -2.17. The van der Waals surface area contributed by atoms with Crippen molar-refractivity contribution in [3.63, 3.8) is 0 Å². The molecule has 2 atom stereocenters. The Morgan fingerprint density at radius 1 is 1.32 bits per heavy atom. The molecule has 0 saturated heterocycles. The van der Waals surface area contributed by atoms with Crippen LogP contribution in [-0.4, -0.2) is 11.2 Å². The molecule has 0 saturated carbocycles. The van der Waals surface area contributed by atoms with Gasteiger partial charge in [0.25, 0.3) is 0 Å². The van der Waals surface area contributed by atoms with E-state index in [9.17, 15) is 5.11 Å². The molecule has 0 heterocycles. The zero-order valence-corrected chi connectivity index (χ0v) is 12.8. The average molecular weight is 279 g/mol. The molecule has 1 aromatic rings. The molecule has 0 aliphatic rings. The maximum atomic E-state index is 10.1.